The smallest absolute Gasteiger partial charge is 0.275 e. The molecule has 4 aromatic rings. The third-order valence-electron chi connectivity index (χ3n) is 3.97. The lowest BCUT2D eigenvalue weighted by Crippen LogP contribution is -2.17. The molecule has 0 fully saturated rings. The summed E-state index contributed by atoms with van der Waals surface area (Å²) < 4.78 is 7.43. The van der Waals surface area contributed by atoms with Gasteiger partial charge in [-0.15, -0.1) is 11.3 Å². The van der Waals surface area contributed by atoms with Crippen molar-refractivity contribution in [3.63, 3.8) is 0 Å². The van der Waals surface area contributed by atoms with Crippen LogP contribution in [-0.2, 0) is 0 Å². The Balaban J connectivity index is 1.87. The molecule has 2 aromatic heterocycles. The molecule has 0 aliphatic heterocycles. The predicted octanol–water partition coefficient (Wildman–Crippen LogP) is 4.78. The first-order valence-corrected chi connectivity index (χ1v) is 8.82. The van der Waals surface area contributed by atoms with Gasteiger partial charge in [-0.25, -0.2) is 4.98 Å². The van der Waals surface area contributed by atoms with E-state index >= 15 is 0 Å². The molecule has 0 N–H and O–H groups in total. The van der Waals surface area contributed by atoms with Crippen LogP contribution < -0.4 is 10.3 Å². The molecule has 4 nitrogen and oxygen atoms in total. The zero-order valence-corrected chi connectivity index (χ0v) is 14.8. The zero-order valence-electron chi connectivity index (χ0n) is 13.3. The first-order valence-electron chi connectivity index (χ1n) is 7.56. The monoisotopic (exact) mass is 368 g/mol. The molecule has 4 rings (SSSR count). The molecule has 0 spiro atoms. The number of hydrogen-bond donors (Lipinski definition) is 0. The summed E-state index contributed by atoms with van der Waals surface area (Å²) in [6.45, 7) is 0. The Morgan fingerprint density at radius 2 is 1.96 bits per heavy atom. The quantitative estimate of drug-likeness (QED) is 0.523. The van der Waals surface area contributed by atoms with Crippen LogP contribution in [0.25, 0.3) is 27.0 Å². The van der Waals surface area contributed by atoms with Crippen LogP contribution in [0.2, 0.25) is 5.02 Å². The van der Waals surface area contributed by atoms with E-state index in [9.17, 15) is 4.79 Å². The van der Waals surface area contributed by atoms with Gasteiger partial charge >= 0.3 is 0 Å². The van der Waals surface area contributed by atoms with Gasteiger partial charge < -0.3 is 4.74 Å². The van der Waals surface area contributed by atoms with Gasteiger partial charge in [0.2, 0.25) is 0 Å². The molecular weight excluding hydrogens is 356 g/mol. The SMILES string of the molecule is COc1cccc(-c2csc3c(=O)n(-c4ccc(Cl)cc4)cnc23)c1. The van der Waals surface area contributed by atoms with Crippen LogP contribution in [0.5, 0.6) is 5.75 Å². The molecular formula is C19H13ClN2O2S. The van der Waals surface area contributed by atoms with Gasteiger partial charge in [0, 0.05) is 16.0 Å². The summed E-state index contributed by atoms with van der Waals surface area (Å²) in [5.41, 5.74) is 3.25. The minimum absolute atomic E-state index is 0.0912. The molecule has 6 heteroatoms. The summed E-state index contributed by atoms with van der Waals surface area (Å²) in [5.74, 6) is 0.770. The van der Waals surface area contributed by atoms with Gasteiger partial charge in [-0.1, -0.05) is 23.7 Å². The molecule has 0 bridgehead atoms. The van der Waals surface area contributed by atoms with E-state index in [2.05, 4.69) is 4.98 Å². The van der Waals surface area contributed by atoms with E-state index < -0.39 is 0 Å². The maximum Gasteiger partial charge on any atom is 0.275 e. The molecule has 0 amide bonds. The molecule has 0 radical (unpaired) electrons. The van der Waals surface area contributed by atoms with Crippen molar-refractivity contribution in [3.8, 4) is 22.6 Å². The fourth-order valence-electron chi connectivity index (χ4n) is 2.69. The average Bonchev–Trinajstić information content (AvgIpc) is 3.08. The number of nitrogens with zero attached hydrogens (tertiary/aromatic N) is 2. The van der Waals surface area contributed by atoms with Crippen LogP contribution in [0.1, 0.15) is 0 Å². The second kappa shape index (κ2) is 6.35. The summed E-state index contributed by atoms with van der Waals surface area (Å²) in [4.78, 5) is 17.4. The fraction of sp³-hybridized carbons (Fsp3) is 0.0526. The van der Waals surface area contributed by atoms with Gasteiger partial charge in [0.05, 0.1) is 18.3 Å². The largest absolute Gasteiger partial charge is 0.497 e. The third kappa shape index (κ3) is 2.81. The number of methoxy groups -OCH3 is 1. The Morgan fingerprint density at radius 3 is 2.72 bits per heavy atom. The van der Waals surface area contributed by atoms with Crippen molar-refractivity contribution in [2.75, 3.05) is 7.11 Å². The number of hydrogen-bond acceptors (Lipinski definition) is 4. The zero-order chi connectivity index (χ0) is 17.4. The van der Waals surface area contributed by atoms with E-state index in [0.717, 1.165) is 22.6 Å². The van der Waals surface area contributed by atoms with Crippen molar-refractivity contribution >= 4 is 33.2 Å². The van der Waals surface area contributed by atoms with Crippen LogP contribution in [0.3, 0.4) is 0 Å². The maximum atomic E-state index is 12.9. The number of ether oxygens (including phenoxy) is 1. The van der Waals surface area contributed by atoms with Gasteiger partial charge in [-0.2, -0.15) is 0 Å². The highest BCUT2D eigenvalue weighted by Gasteiger charge is 2.13. The Morgan fingerprint density at radius 1 is 1.16 bits per heavy atom. The minimum atomic E-state index is -0.0912. The highest BCUT2D eigenvalue weighted by molar-refractivity contribution is 7.17. The molecule has 0 saturated heterocycles. The van der Waals surface area contributed by atoms with Gasteiger partial charge in [0.25, 0.3) is 5.56 Å². The van der Waals surface area contributed by atoms with Gasteiger partial charge in [0.15, 0.2) is 0 Å². The Kier molecular flexibility index (Phi) is 4.03. The summed E-state index contributed by atoms with van der Waals surface area (Å²) in [6.07, 6.45) is 1.56. The molecule has 124 valence electrons. The third-order valence-corrected chi connectivity index (χ3v) is 5.17. The molecule has 0 saturated carbocycles. The highest BCUT2D eigenvalue weighted by Crippen LogP contribution is 2.32. The molecule has 0 atom stereocenters. The fourth-order valence-corrected chi connectivity index (χ4v) is 3.77. The maximum absolute atomic E-state index is 12.9. The number of benzene rings is 2. The van der Waals surface area contributed by atoms with Crippen molar-refractivity contribution in [2.45, 2.75) is 0 Å². The van der Waals surface area contributed by atoms with Crippen LogP contribution in [0, 0.1) is 0 Å². The van der Waals surface area contributed by atoms with E-state index in [0.29, 0.717) is 15.2 Å². The van der Waals surface area contributed by atoms with Gasteiger partial charge in [-0.05, 0) is 42.0 Å². The topological polar surface area (TPSA) is 44.1 Å². The lowest BCUT2D eigenvalue weighted by atomic mass is 10.1. The first kappa shape index (κ1) is 15.9. The highest BCUT2D eigenvalue weighted by atomic mass is 35.5. The number of aromatic nitrogens is 2. The summed E-state index contributed by atoms with van der Waals surface area (Å²) in [7, 11) is 1.63. The first-order chi connectivity index (χ1) is 12.2. The Hall–Kier alpha value is -2.63. The summed E-state index contributed by atoms with van der Waals surface area (Å²) in [5, 5.41) is 2.59. The van der Waals surface area contributed by atoms with E-state index in [-0.39, 0.29) is 5.56 Å². The summed E-state index contributed by atoms with van der Waals surface area (Å²) in [6, 6.07) is 14.8. The predicted molar refractivity (Wildman–Crippen MR) is 102 cm³/mol. The second-order valence-electron chi connectivity index (χ2n) is 5.46. The lowest BCUT2D eigenvalue weighted by molar-refractivity contribution is 0.415. The van der Waals surface area contributed by atoms with Crippen LogP contribution in [0.4, 0.5) is 0 Å². The second-order valence-corrected chi connectivity index (χ2v) is 6.77. The van der Waals surface area contributed by atoms with Crippen molar-refractivity contribution in [1.29, 1.82) is 0 Å². The number of halogens is 1. The summed E-state index contributed by atoms with van der Waals surface area (Å²) >= 11 is 7.32. The molecule has 0 unspecified atom stereocenters. The molecule has 2 aromatic carbocycles. The number of rotatable bonds is 3. The van der Waals surface area contributed by atoms with Crippen molar-refractivity contribution < 1.29 is 4.74 Å². The lowest BCUT2D eigenvalue weighted by Gasteiger charge is -2.06. The van der Waals surface area contributed by atoms with Crippen LogP contribution in [-0.4, -0.2) is 16.7 Å². The van der Waals surface area contributed by atoms with E-state index in [1.165, 1.54) is 15.9 Å². The van der Waals surface area contributed by atoms with Crippen LogP contribution in [0.15, 0.2) is 65.0 Å². The Labute approximate surface area is 152 Å². The standard InChI is InChI=1S/C19H13ClN2O2S/c1-24-15-4-2-3-12(9-15)16-10-25-18-17(16)21-11-22(19(18)23)14-7-5-13(20)6-8-14/h2-11H,1H3. The number of fused-ring (bicyclic) bond motifs is 1. The molecule has 25 heavy (non-hydrogen) atoms. The minimum Gasteiger partial charge on any atom is -0.497 e. The molecule has 0 aliphatic carbocycles. The van der Waals surface area contributed by atoms with Gasteiger partial charge in [0.1, 0.15) is 16.8 Å². The Bertz CT molecular complexity index is 1120. The number of thiophene rings is 1. The van der Waals surface area contributed by atoms with Crippen LogP contribution >= 0.6 is 22.9 Å². The normalized spacial score (nSPS) is 11.0. The van der Waals surface area contributed by atoms with E-state index in [1.807, 2.05) is 29.6 Å². The van der Waals surface area contributed by atoms with Crippen molar-refractivity contribution in [1.82, 2.24) is 9.55 Å². The van der Waals surface area contributed by atoms with E-state index in [1.54, 1.807) is 37.7 Å². The van der Waals surface area contributed by atoms with E-state index in [4.69, 9.17) is 16.3 Å². The molecule has 2 heterocycles. The average molecular weight is 369 g/mol. The van der Waals surface area contributed by atoms with Crippen molar-refractivity contribution in [3.05, 3.63) is 75.6 Å². The van der Waals surface area contributed by atoms with Gasteiger partial charge in [-0.3, -0.25) is 9.36 Å². The molecule has 0 aliphatic rings. The van der Waals surface area contributed by atoms with Crippen molar-refractivity contribution in [2.24, 2.45) is 0 Å².